The van der Waals surface area contributed by atoms with Gasteiger partial charge in [0.05, 0.1) is 40.5 Å². The van der Waals surface area contributed by atoms with Crippen LogP contribution in [0.15, 0.2) is 97.1 Å². The lowest BCUT2D eigenvalue weighted by Crippen LogP contribution is -2.26. The van der Waals surface area contributed by atoms with E-state index in [-0.39, 0.29) is 12.5 Å². The van der Waals surface area contributed by atoms with Crippen LogP contribution < -0.4 is 4.90 Å². The minimum absolute atomic E-state index is 0.158. The Balaban J connectivity index is 1.70. The normalized spacial score (nSPS) is 14.0. The number of esters is 1. The van der Waals surface area contributed by atoms with E-state index in [1.165, 1.54) is 7.11 Å². The van der Waals surface area contributed by atoms with E-state index >= 15 is 0 Å². The number of hydrogen-bond acceptors (Lipinski definition) is 3. The van der Waals surface area contributed by atoms with Crippen molar-refractivity contribution in [2.24, 2.45) is 0 Å². The smallest absolute Gasteiger partial charge is 0.337 e. The zero-order chi connectivity index (χ0) is 25.2. The Morgan fingerprint density at radius 3 is 2.31 bits per heavy atom. The number of rotatable bonds is 5. The van der Waals surface area contributed by atoms with E-state index < -0.39 is 5.97 Å². The second kappa shape index (κ2) is 10.0. The standard InChI is InChI=1S/C30H21Cl2NO3/c1-36-30(35)21-12-7-9-19(17-21)18-33-25-16-6-5-13-22(25)27(29(33)34)26(20-10-3-2-4-11-20)23-14-8-15-24(31)28(23)32/h2-17H,18H2,1H3. The molecular formula is C30H21Cl2NO3. The van der Waals surface area contributed by atoms with Crippen LogP contribution >= 0.6 is 23.2 Å². The number of hydrogen-bond donors (Lipinski definition) is 0. The van der Waals surface area contributed by atoms with Gasteiger partial charge in [-0.1, -0.05) is 96.0 Å². The molecule has 0 aromatic heterocycles. The summed E-state index contributed by atoms with van der Waals surface area (Å²) >= 11 is 13.1. The van der Waals surface area contributed by atoms with Crippen molar-refractivity contribution in [2.75, 3.05) is 12.0 Å². The van der Waals surface area contributed by atoms with Gasteiger partial charge in [0, 0.05) is 16.7 Å². The molecule has 4 aromatic carbocycles. The number of para-hydroxylation sites is 1. The molecule has 0 unspecified atom stereocenters. The molecule has 5 rings (SSSR count). The Labute approximate surface area is 219 Å². The second-order valence-corrected chi connectivity index (χ2v) is 9.10. The molecule has 0 saturated carbocycles. The number of carbonyl (C=O) groups excluding carboxylic acids is 2. The van der Waals surface area contributed by atoms with Crippen molar-refractivity contribution in [3.63, 3.8) is 0 Å². The topological polar surface area (TPSA) is 46.6 Å². The molecule has 4 nitrogen and oxygen atoms in total. The van der Waals surface area contributed by atoms with E-state index in [1.807, 2.05) is 72.8 Å². The maximum absolute atomic E-state index is 14.1. The molecule has 1 aliphatic heterocycles. The number of amides is 1. The van der Waals surface area contributed by atoms with Crippen LogP contribution in [0.4, 0.5) is 5.69 Å². The van der Waals surface area contributed by atoms with Crippen LogP contribution in [0.5, 0.6) is 0 Å². The van der Waals surface area contributed by atoms with Gasteiger partial charge >= 0.3 is 5.97 Å². The maximum atomic E-state index is 14.1. The monoisotopic (exact) mass is 513 g/mol. The Hall–Kier alpha value is -3.86. The minimum Gasteiger partial charge on any atom is -0.465 e. The molecule has 0 N–H and O–H groups in total. The summed E-state index contributed by atoms with van der Waals surface area (Å²) in [6, 6.07) is 29.9. The zero-order valence-corrected chi connectivity index (χ0v) is 20.9. The molecule has 1 amide bonds. The first kappa shape index (κ1) is 23.9. The van der Waals surface area contributed by atoms with Crippen molar-refractivity contribution in [1.82, 2.24) is 0 Å². The highest BCUT2D eigenvalue weighted by molar-refractivity contribution is 6.45. The molecule has 0 atom stereocenters. The number of anilines is 1. The average molecular weight is 514 g/mol. The third kappa shape index (κ3) is 4.30. The summed E-state index contributed by atoms with van der Waals surface area (Å²) in [5.74, 6) is -0.581. The van der Waals surface area contributed by atoms with Crippen molar-refractivity contribution < 1.29 is 14.3 Å². The number of ether oxygens (including phenoxy) is 1. The third-order valence-electron chi connectivity index (χ3n) is 6.15. The lowest BCUT2D eigenvalue weighted by Gasteiger charge is -2.18. The van der Waals surface area contributed by atoms with Crippen LogP contribution in [0.3, 0.4) is 0 Å². The molecule has 0 radical (unpaired) electrons. The fourth-order valence-corrected chi connectivity index (χ4v) is 4.91. The van der Waals surface area contributed by atoms with Gasteiger partial charge in [-0.05, 0) is 35.4 Å². The molecule has 178 valence electrons. The highest BCUT2D eigenvalue weighted by Gasteiger charge is 2.35. The first-order valence-corrected chi connectivity index (χ1v) is 12.1. The second-order valence-electron chi connectivity index (χ2n) is 8.32. The molecule has 0 bridgehead atoms. The van der Waals surface area contributed by atoms with Gasteiger partial charge in [0.1, 0.15) is 0 Å². The third-order valence-corrected chi connectivity index (χ3v) is 6.96. The van der Waals surface area contributed by atoms with Crippen LogP contribution in [0.1, 0.15) is 32.6 Å². The zero-order valence-electron chi connectivity index (χ0n) is 19.4. The lowest BCUT2D eigenvalue weighted by molar-refractivity contribution is -0.113. The molecule has 0 saturated heterocycles. The van der Waals surface area contributed by atoms with Gasteiger partial charge in [-0.3, -0.25) is 4.79 Å². The van der Waals surface area contributed by atoms with Crippen LogP contribution in [-0.4, -0.2) is 19.0 Å². The highest BCUT2D eigenvalue weighted by Crippen LogP contribution is 2.45. The quantitative estimate of drug-likeness (QED) is 0.208. The fourth-order valence-electron chi connectivity index (χ4n) is 4.51. The Kier molecular flexibility index (Phi) is 6.64. The van der Waals surface area contributed by atoms with Crippen molar-refractivity contribution in [2.45, 2.75) is 6.54 Å². The van der Waals surface area contributed by atoms with Crippen LogP contribution in [0.2, 0.25) is 10.0 Å². The number of halogens is 2. The summed E-state index contributed by atoms with van der Waals surface area (Å²) in [6.45, 7) is 0.287. The molecule has 0 aliphatic carbocycles. The highest BCUT2D eigenvalue weighted by atomic mass is 35.5. The number of carbonyl (C=O) groups is 2. The van der Waals surface area contributed by atoms with E-state index in [1.54, 1.807) is 29.2 Å². The number of benzene rings is 4. The Bertz CT molecular complexity index is 1510. The summed E-state index contributed by atoms with van der Waals surface area (Å²) < 4.78 is 4.86. The summed E-state index contributed by atoms with van der Waals surface area (Å²) in [7, 11) is 1.35. The molecule has 0 fully saturated rings. The SMILES string of the molecule is COC(=O)c1cccc(CN2C(=O)C(=C(c3ccccc3)c3cccc(Cl)c3Cl)c3ccccc32)c1. The number of fused-ring (bicyclic) bond motifs is 1. The number of methoxy groups -OCH3 is 1. The van der Waals surface area contributed by atoms with Crippen LogP contribution in [-0.2, 0) is 16.1 Å². The maximum Gasteiger partial charge on any atom is 0.337 e. The van der Waals surface area contributed by atoms with Gasteiger partial charge in [-0.25, -0.2) is 4.79 Å². The van der Waals surface area contributed by atoms with Gasteiger partial charge in [0.25, 0.3) is 5.91 Å². The minimum atomic E-state index is -0.424. The van der Waals surface area contributed by atoms with Gasteiger partial charge in [-0.2, -0.15) is 0 Å². The van der Waals surface area contributed by atoms with Crippen LogP contribution in [0.25, 0.3) is 11.1 Å². The van der Waals surface area contributed by atoms with E-state index in [0.29, 0.717) is 32.3 Å². The molecular weight excluding hydrogens is 493 g/mol. The van der Waals surface area contributed by atoms with E-state index in [4.69, 9.17) is 27.9 Å². The van der Waals surface area contributed by atoms with E-state index in [2.05, 4.69) is 0 Å². The summed E-state index contributed by atoms with van der Waals surface area (Å²) in [6.07, 6.45) is 0. The van der Waals surface area contributed by atoms with E-state index in [0.717, 1.165) is 22.4 Å². The Morgan fingerprint density at radius 2 is 1.53 bits per heavy atom. The van der Waals surface area contributed by atoms with Crippen molar-refractivity contribution >= 4 is 51.9 Å². The predicted octanol–water partition coefficient (Wildman–Crippen LogP) is 7.29. The molecule has 1 aliphatic rings. The summed E-state index contributed by atoms with van der Waals surface area (Å²) in [4.78, 5) is 27.9. The van der Waals surface area contributed by atoms with Gasteiger partial charge in [-0.15, -0.1) is 0 Å². The summed E-state index contributed by atoms with van der Waals surface area (Å²) in [5.41, 5.74) is 5.63. The van der Waals surface area contributed by atoms with Gasteiger partial charge in [0.2, 0.25) is 0 Å². The largest absolute Gasteiger partial charge is 0.465 e. The van der Waals surface area contributed by atoms with Crippen molar-refractivity contribution in [3.8, 4) is 0 Å². The van der Waals surface area contributed by atoms with E-state index in [9.17, 15) is 9.59 Å². The van der Waals surface area contributed by atoms with Gasteiger partial charge in [0.15, 0.2) is 0 Å². The number of nitrogens with zero attached hydrogens (tertiary/aromatic N) is 1. The molecule has 1 heterocycles. The Morgan fingerprint density at radius 1 is 0.833 bits per heavy atom. The first-order valence-electron chi connectivity index (χ1n) is 11.3. The fraction of sp³-hybridized carbons (Fsp3) is 0.0667. The van der Waals surface area contributed by atoms with Gasteiger partial charge < -0.3 is 9.64 Å². The first-order chi connectivity index (χ1) is 17.5. The summed E-state index contributed by atoms with van der Waals surface area (Å²) in [5, 5.41) is 0.804. The molecule has 0 spiro atoms. The molecule has 36 heavy (non-hydrogen) atoms. The molecule has 6 heteroatoms. The average Bonchev–Trinajstić information content (AvgIpc) is 3.18. The lowest BCUT2D eigenvalue weighted by atomic mass is 9.90. The molecule has 4 aromatic rings. The van der Waals surface area contributed by atoms with Crippen molar-refractivity contribution in [1.29, 1.82) is 0 Å². The predicted molar refractivity (Wildman–Crippen MR) is 144 cm³/mol. The van der Waals surface area contributed by atoms with Crippen molar-refractivity contribution in [3.05, 3.63) is 135 Å². The van der Waals surface area contributed by atoms with Crippen LogP contribution in [0, 0.1) is 0 Å².